The van der Waals surface area contributed by atoms with Crippen molar-refractivity contribution in [1.82, 2.24) is 9.80 Å². The molecule has 0 saturated heterocycles. The second-order valence-electron chi connectivity index (χ2n) is 9.11. The van der Waals surface area contributed by atoms with Crippen molar-refractivity contribution in [1.29, 1.82) is 0 Å². The Morgan fingerprint density at radius 2 is 1.58 bits per heavy atom. The van der Waals surface area contributed by atoms with Crippen molar-refractivity contribution in [2.24, 2.45) is 4.99 Å². The fourth-order valence-corrected chi connectivity index (χ4v) is 6.40. The summed E-state index contributed by atoms with van der Waals surface area (Å²) in [4.78, 5) is 10.0. The van der Waals surface area contributed by atoms with E-state index in [0.717, 1.165) is 49.7 Å². The van der Waals surface area contributed by atoms with Gasteiger partial charge in [-0.15, -0.1) is 0 Å². The second kappa shape index (κ2) is 9.88. The molecule has 3 aromatic rings. The van der Waals surface area contributed by atoms with Crippen LogP contribution >= 0.6 is 50.9 Å². The summed E-state index contributed by atoms with van der Waals surface area (Å²) in [6.45, 7) is 1.68. The van der Waals surface area contributed by atoms with Crippen LogP contribution in [-0.4, -0.2) is 35.1 Å². The smallest absolute Gasteiger partial charge is 0.174 e. The molecule has 0 saturated carbocycles. The molecular formula is C29H22BrCl2N3S. The highest BCUT2D eigenvalue weighted by molar-refractivity contribution is 9.10. The van der Waals surface area contributed by atoms with Crippen LogP contribution in [-0.2, 0) is 0 Å². The van der Waals surface area contributed by atoms with E-state index in [9.17, 15) is 0 Å². The average molecular weight is 595 g/mol. The normalized spacial score (nSPS) is 20.8. The number of halogens is 3. The van der Waals surface area contributed by atoms with Gasteiger partial charge in [0.1, 0.15) is 0 Å². The number of hydrogen-bond acceptors (Lipinski definition) is 4. The minimum absolute atomic E-state index is 0.0195. The van der Waals surface area contributed by atoms with Crippen LogP contribution in [0.5, 0.6) is 0 Å². The molecule has 0 unspecified atom stereocenters. The molecule has 180 valence electrons. The van der Waals surface area contributed by atoms with Crippen molar-refractivity contribution in [3.05, 3.63) is 126 Å². The van der Waals surface area contributed by atoms with Gasteiger partial charge in [-0.3, -0.25) is 4.90 Å². The van der Waals surface area contributed by atoms with Gasteiger partial charge in [0, 0.05) is 33.0 Å². The van der Waals surface area contributed by atoms with Crippen LogP contribution in [0, 0.1) is 0 Å². The molecule has 3 nitrogen and oxygen atoms in total. The van der Waals surface area contributed by atoms with Crippen molar-refractivity contribution in [2.45, 2.75) is 6.04 Å². The highest BCUT2D eigenvalue weighted by Gasteiger charge is 2.41. The summed E-state index contributed by atoms with van der Waals surface area (Å²) in [5, 5.41) is 4.69. The standard InChI is InChI=1S/C29H22BrCl2N3S/c1-34-15-21(14-18-2-10-23(31)11-3-18)27-25(16-34)28(20-6-12-24(32)13-7-20)35-26(17-36-29(35)33-27)19-4-8-22(30)9-5-19/h2-14,17,28H,15-16H2,1H3/b21-14+/t28-/m1/s1. The number of thioether (sulfide) groups is 1. The monoisotopic (exact) mass is 593 g/mol. The maximum Gasteiger partial charge on any atom is 0.174 e. The third kappa shape index (κ3) is 4.59. The topological polar surface area (TPSA) is 18.8 Å². The predicted octanol–water partition coefficient (Wildman–Crippen LogP) is 8.50. The van der Waals surface area contributed by atoms with Gasteiger partial charge >= 0.3 is 0 Å². The van der Waals surface area contributed by atoms with Crippen LogP contribution in [0.15, 0.2) is 105 Å². The number of rotatable bonds is 3. The Kier molecular flexibility index (Phi) is 6.61. The summed E-state index contributed by atoms with van der Waals surface area (Å²) in [6.07, 6.45) is 2.24. The van der Waals surface area contributed by atoms with Gasteiger partial charge < -0.3 is 4.90 Å². The molecular weight excluding hydrogens is 573 g/mol. The zero-order valence-corrected chi connectivity index (χ0v) is 23.4. The molecule has 0 bridgehead atoms. The molecule has 3 aromatic carbocycles. The fraction of sp³-hybridized carbons (Fsp3) is 0.138. The van der Waals surface area contributed by atoms with Crippen molar-refractivity contribution >= 4 is 67.8 Å². The van der Waals surface area contributed by atoms with Crippen LogP contribution in [0.25, 0.3) is 11.8 Å². The molecule has 0 aliphatic carbocycles. The number of benzene rings is 3. The lowest BCUT2D eigenvalue weighted by Crippen LogP contribution is -2.40. The summed E-state index contributed by atoms with van der Waals surface area (Å²) < 4.78 is 1.06. The Labute approximate surface area is 233 Å². The molecule has 7 heteroatoms. The van der Waals surface area contributed by atoms with Crippen LogP contribution < -0.4 is 0 Å². The van der Waals surface area contributed by atoms with Gasteiger partial charge in [-0.2, -0.15) is 0 Å². The van der Waals surface area contributed by atoms with E-state index in [-0.39, 0.29) is 6.04 Å². The Bertz CT molecular complexity index is 1440. The third-order valence-electron chi connectivity index (χ3n) is 6.56. The first-order chi connectivity index (χ1) is 17.5. The van der Waals surface area contributed by atoms with Crippen molar-refractivity contribution in [3.63, 3.8) is 0 Å². The van der Waals surface area contributed by atoms with Crippen molar-refractivity contribution < 1.29 is 0 Å². The number of likely N-dealkylation sites (N-methyl/N-ethyl adjacent to an activating group) is 1. The van der Waals surface area contributed by atoms with Gasteiger partial charge in [0.2, 0.25) is 0 Å². The largest absolute Gasteiger partial charge is 0.308 e. The van der Waals surface area contributed by atoms with Crippen LogP contribution in [0.3, 0.4) is 0 Å². The quantitative estimate of drug-likeness (QED) is 0.303. The van der Waals surface area contributed by atoms with Crippen LogP contribution in [0.1, 0.15) is 22.7 Å². The molecule has 0 amide bonds. The maximum absolute atomic E-state index is 6.29. The molecule has 6 rings (SSSR count). The molecule has 3 aliphatic heterocycles. The number of hydrogen-bond donors (Lipinski definition) is 0. The minimum Gasteiger partial charge on any atom is -0.308 e. The van der Waals surface area contributed by atoms with E-state index in [1.807, 2.05) is 24.3 Å². The lowest BCUT2D eigenvalue weighted by atomic mass is 9.88. The van der Waals surface area contributed by atoms with Crippen LogP contribution in [0.4, 0.5) is 0 Å². The molecule has 0 spiro atoms. The molecule has 0 aromatic heterocycles. The SMILES string of the molecule is CN1CC2=C(N=C3SC=C(c4ccc(Br)cc4)N3[C@@H]2c2ccc(Cl)cc2)/C(=C/c2ccc(Cl)cc2)C1. The van der Waals surface area contributed by atoms with E-state index >= 15 is 0 Å². The number of fused-ring (bicyclic) bond motifs is 1. The lowest BCUT2D eigenvalue weighted by molar-refractivity contribution is 0.344. The molecule has 3 aliphatic rings. The zero-order valence-electron chi connectivity index (χ0n) is 19.5. The highest BCUT2D eigenvalue weighted by Crippen LogP contribution is 2.49. The van der Waals surface area contributed by atoms with E-state index in [1.165, 1.54) is 22.3 Å². The molecule has 0 fully saturated rings. The first-order valence-electron chi connectivity index (χ1n) is 11.6. The highest BCUT2D eigenvalue weighted by atomic mass is 79.9. The second-order valence-corrected chi connectivity index (χ2v) is 11.7. The van der Waals surface area contributed by atoms with E-state index in [2.05, 4.69) is 92.8 Å². The third-order valence-corrected chi connectivity index (χ3v) is 8.44. The summed E-state index contributed by atoms with van der Waals surface area (Å²) in [5.41, 5.74) is 8.24. The number of nitrogens with zero attached hydrogens (tertiary/aromatic N) is 3. The number of amidine groups is 1. The van der Waals surface area contributed by atoms with Gasteiger partial charge in [-0.1, -0.05) is 87.3 Å². The Hall–Kier alpha value is -2.28. The molecule has 3 heterocycles. The van der Waals surface area contributed by atoms with Crippen LogP contribution in [0.2, 0.25) is 10.0 Å². The molecule has 0 N–H and O–H groups in total. The first kappa shape index (κ1) is 24.1. The first-order valence-corrected chi connectivity index (χ1v) is 14.0. The summed E-state index contributed by atoms with van der Waals surface area (Å²) in [5.74, 6) is 0. The zero-order chi connectivity index (χ0) is 24.8. The molecule has 36 heavy (non-hydrogen) atoms. The maximum atomic E-state index is 6.29. The fourth-order valence-electron chi connectivity index (χ4n) is 4.96. The van der Waals surface area contributed by atoms with E-state index in [4.69, 9.17) is 28.2 Å². The van der Waals surface area contributed by atoms with Crippen molar-refractivity contribution in [2.75, 3.05) is 20.1 Å². The average Bonchev–Trinajstić information content (AvgIpc) is 3.29. The Morgan fingerprint density at radius 1 is 0.917 bits per heavy atom. The van der Waals surface area contributed by atoms with E-state index < -0.39 is 0 Å². The summed E-state index contributed by atoms with van der Waals surface area (Å²) in [7, 11) is 2.17. The minimum atomic E-state index is 0.0195. The molecule has 0 radical (unpaired) electrons. The van der Waals surface area contributed by atoms with E-state index in [0.29, 0.717) is 0 Å². The molecule has 1 atom stereocenters. The Morgan fingerprint density at radius 3 is 2.28 bits per heavy atom. The van der Waals surface area contributed by atoms with Gasteiger partial charge in [-0.25, -0.2) is 4.99 Å². The number of aliphatic imine (C=N–C) groups is 1. The van der Waals surface area contributed by atoms with Gasteiger partial charge in [0.05, 0.1) is 17.4 Å². The summed E-state index contributed by atoms with van der Waals surface area (Å²) >= 11 is 17.7. The van der Waals surface area contributed by atoms with Gasteiger partial charge in [0.25, 0.3) is 0 Å². The van der Waals surface area contributed by atoms with Gasteiger partial charge in [-0.05, 0) is 77.4 Å². The van der Waals surface area contributed by atoms with Gasteiger partial charge in [0.15, 0.2) is 5.17 Å². The predicted molar refractivity (Wildman–Crippen MR) is 157 cm³/mol. The van der Waals surface area contributed by atoms with E-state index in [1.54, 1.807) is 11.8 Å². The Balaban J connectivity index is 1.50. The summed E-state index contributed by atoms with van der Waals surface area (Å²) in [6, 6.07) is 24.7. The van der Waals surface area contributed by atoms with Crippen molar-refractivity contribution in [3.8, 4) is 0 Å². The lowest BCUT2D eigenvalue weighted by Gasteiger charge is -2.42.